The molecule has 0 bridgehead atoms. The molecule has 11 heteroatoms. The summed E-state index contributed by atoms with van der Waals surface area (Å²) < 4.78 is 21.1. The minimum Gasteiger partial charge on any atom is -0.470 e. The third-order valence-electron chi connectivity index (χ3n) is 5.04. The number of rotatable bonds is 9. The van der Waals surface area contributed by atoms with Crippen molar-refractivity contribution in [3.05, 3.63) is 41.0 Å². The van der Waals surface area contributed by atoms with E-state index in [1.807, 2.05) is 48.6 Å². The predicted molar refractivity (Wildman–Crippen MR) is 122 cm³/mol. The maximum absolute atomic E-state index is 6.28. The third-order valence-corrected chi connectivity index (χ3v) is 5.95. The fourth-order valence-corrected chi connectivity index (χ4v) is 4.32. The highest BCUT2D eigenvalue weighted by atomic mass is 32.1. The summed E-state index contributed by atoms with van der Waals surface area (Å²) in [5, 5.41) is 12.6. The largest absolute Gasteiger partial charge is 0.470 e. The standard InChI is InChI=1S/C21H25N7O3S/c1-22-13-30-11-17-7-14(12-32-17)24-21-25-18-3-5-28(15-8-23-27(2)9-15)19(18)20(26-21)31-16-4-6-29-10-16/h3,5,7-9,12,16,22H,4,6,10-11,13H2,1-2H3,(H,24,25,26)/t16-/m0/s1. The highest BCUT2D eigenvalue weighted by Gasteiger charge is 2.22. The molecule has 1 atom stereocenters. The number of ether oxygens (including phenoxy) is 3. The summed E-state index contributed by atoms with van der Waals surface area (Å²) in [7, 11) is 3.74. The van der Waals surface area contributed by atoms with Gasteiger partial charge in [-0.3, -0.25) is 10.00 Å². The number of thiophene rings is 1. The van der Waals surface area contributed by atoms with Gasteiger partial charge < -0.3 is 24.1 Å². The Morgan fingerprint density at radius 3 is 3.06 bits per heavy atom. The number of nitrogens with zero attached hydrogens (tertiary/aromatic N) is 5. The molecule has 1 aliphatic heterocycles. The Labute approximate surface area is 189 Å². The lowest BCUT2D eigenvalue weighted by Gasteiger charge is -2.14. The van der Waals surface area contributed by atoms with Crippen molar-refractivity contribution in [2.24, 2.45) is 7.05 Å². The molecule has 1 aliphatic rings. The Kier molecular flexibility index (Phi) is 6.04. The first-order chi connectivity index (χ1) is 15.7. The summed E-state index contributed by atoms with van der Waals surface area (Å²) in [6.45, 7) is 2.32. The van der Waals surface area contributed by atoms with Gasteiger partial charge in [-0.15, -0.1) is 11.3 Å². The first kappa shape index (κ1) is 20.9. The van der Waals surface area contributed by atoms with Crippen LogP contribution in [-0.2, 0) is 23.1 Å². The van der Waals surface area contributed by atoms with Crippen LogP contribution in [0.1, 0.15) is 11.3 Å². The fraction of sp³-hybridized carbons (Fsp3) is 0.381. The Balaban J connectivity index is 1.46. The van der Waals surface area contributed by atoms with Gasteiger partial charge in [0.05, 0.1) is 49.6 Å². The number of anilines is 2. The fourth-order valence-electron chi connectivity index (χ4n) is 3.57. The zero-order chi connectivity index (χ0) is 21.9. The molecule has 4 aromatic heterocycles. The van der Waals surface area contributed by atoms with Crippen molar-refractivity contribution in [2.45, 2.75) is 19.1 Å². The predicted octanol–water partition coefficient (Wildman–Crippen LogP) is 2.82. The van der Waals surface area contributed by atoms with Crippen LogP contribution in [0.25, 0.3) is 16.7 Å². The lowest BCUT2D eigenvalue weighted by Crippen LogP contribution is -2.17. The van der Waals surface area contributed by atoms with Crippen LogP contribution in [-0.4, -0.2) is 57.4 Å². The average Bonchev–Trinajstić information content (AvgIpc) is 3.56. The van der Waals surface area contributed by atoms with Crippen LogP contribution in [0.15, 0.2) is 36.1 Å². The van der Waals surface area contributed by atoms with E-state index in [1.54, 1.807) is 22.2 Å². The van der Waals surface area contributed by atoms with E-state index in [0.29, 0.717) is 38.4 Å². The van der Waals surface area contributed by atoms with Crippen molar-refractivity contribution in [1.29, 1.82) is 0 Å². The van der Waals surface area contributed by atoms with E-state index in [4.69, 9.17) is 24.2 Å². The van der Waals surface area contributed by atoms with Crippen LogP contribution in [0.4, 0.5) is 11.6 Å². The Bertz CT molecular complexity index is 1200. The van der Waals surface area contributed by atoms with Gasteiger partial charge in [0.25, 0.3) is 0 Å². The monoisotopic (exact) mass is 455 g/mol. The molecule has 0 radical (unpaired) electrons. The molecule has 0 amide bonds. The van der Waals surface area contributed by atoms with E-state index in [2.05, 4.69) is 15.7 Å². The van der Waals surface area contributed by atoms with E-state index in [1.165, 1.54) is 0 Å². The Hall–Kier alpha value is -2.99. The van der Waals surface area contributed by atoms with Crippen LogP contribution in [0, 0.1) is 0 Å². The minimum atomic E-state index is -0.0322. The topological polar surface area (TPSA) is 100 Å². The first-order valence-corrected chi connectivity index (χ1v) is 11.3. The maximum Gasteiger partial charge on any atom is 0.244 e. The summed E-state index contributed by atoms with van der Waals surface area (Å²) in [4.78, 5) is 10.6. The van der Waals surface area contributed by atoms with Crippen LogP contribution < -0.4 is 15.4 Å². The van der Waals surface area contributed by atoms with E-state index in [9.17, 15) is 0 Å². The quantitative estimate of drug-likeness (QED) is 0.294. The molecule has 0 unspecified atom stereocenters. The molecular weight excluding hydrogens is 430 g/mol. The lowest BCUT2D eigenvalue weighted by molar-refractivity contribution is 0.111. The van der Waals surface area contributed by atoms with Gasteiger partial charge in [-0.1, -0.05) is 0 Å². The summed E-state index contributed by atoms with van der Waals surface area (Å²) in [6.07, 6.45) is 6.51. The third kappa shape index (κ3) is 4.46. The van der Waals surface area contributed by atoms with Gasteiger partial charge in [0.15, 0.2) is 0 Å². The van der Waals surface area contributed by atoms with Gasteiger partial charge in [-0.2, -0.15) is 10.1 Å². The van der Waals surface area contributed by atoms with Crippen LogP contribution in [0.5, 0.6) is 5.88 Å². The summed E-state index contributed by atoms with van der Waals surface area (Å²) >= 11 is 1.62. The summed E-state index contributed by atoms with van der Waals surface area (Å²) in [6, 6.07) is 4.00. The van der Waals surface area contributed by atoms with Crippen LogP contribution in [0.2, 0.25) is 0 Å². The molecule has 32 heavy (non-hydrogen) atoms. The molecule has 10 nitrogen and oxygen atoms in total. The van der Waals surface area contributed by atoms with Gasteiger partial charge in [-0.25, -0.2) is 4.98 Å². The molecule has 1 saturated heterocycles. The van der Waals surface area contributed by atoms with E-state index in [0.717, 1.165) is 33.7 Å². The second-order valence-electron chi connectivity index (χ2n) is 7.52. The number of nitrogens with one attached hydrogen (secondary N) is 2. The van der Waals surface area contributed by atoms with Crippen molar-refractivity contribution in [3.8, 4) is 11.6 Å². The number of aryl methyl sites for hydroxylation is 1. The first-order valence-electron chi connectivity index (χ1n) is 10.4. The molecule has 5 heterocycles. The van der Waals surface area contributed by atoms with Gasteiger partial charge in [0.2, 0.25) is 11.8 Å². The number of aromatic nitrogens is 5. The molecule has 4 aromatic rings. The smallest absolute Gasteiger partial charge is 0.244 e. The minimum absolute atomic E-state index is 0.0322. The van der Waals surface area contributed by atoms with E-state index >= 15 is 0 Å². The molecule has 168 valence electrons. The molecule has 5 rings (SSSR count). The van der Waals surface area contributed by atoms with E-state index in [-0.39, 0.29) is 6.10 Å². The van der Waals surface area contributed by atoms with Crippen LogP contribution in [0.3, 0.4) is 0 Å². The second kappa shape index (κ2) is 9.25. The summed E-state index contributed by atoms with van der Waals surface area (Å²) in [5.74, 6) is 1.01. The number of fused-ring (bicyclic) bond motifs is 1. The van der Waals surface area contributed by atoms with Crippen molar-refractivity contribution >= 4 is 34.0 Å². The lowest BCUT2D eigenvalue weighted by atomic mass is 10.3. The zero-order valence-electron chi connectivity index (χ0n) is 17.9. The maximum atomic E-state index is 6.28. The molecule has 0 saturated carbocycles. The Morgan fingerprint density at radius 2 is 2.28 bits per heavy atom. The molecule has 0 spiro atoms. The molecule has 2 N–H and O–H groups in total. The summed E-state index contributed by atoms with van der Waals surface area (Å²) in [5.41, 5.74) is 3.43. The van der Waals surface area contributed by atoms with Gasteiger partial charge in [-0.05, 0) is 19.2 Å². The Morgan fingerprint density at radius 1 is 1.34 bits per heavy atom. The molecule has 0 aromatic carbocycles. The SMILES string of the molecule is CNCOCc1cc(Nc2nc(O[C@H]3CCOC3)c3c(ccn3-c3cnn(C)c3)n2)cs1. The highest BCUT2D eigenvalue weighted by molar-refractivity contribution is 7.10. The van der Waals surface area contributed by atoms with Gasteiger partial charge in [0, 0.05) is 36.1 Å². The normalized spacial score (nSPS) is 16.1. The van der Waals surface area contributed by atoms with Crippen molar-refractivity contribution in [2.75, 3.05) is 32.3 Å². The zero-order valence-corrected chi connectivity index (χ0v) is 18.8. The molecule has 1 fully saturated rings. The van der Waals surface area contributed by atoms with Crippen LogP contribution >= 0.6 is 11.3 Å². The van der Waals surface area contributed by atoms with E-state index < -0.39 is 0 Å². The molecule has 0 aliphatic carbocycles. The molecular formula is C21H25N7O3S. The van der Waals surface area contributed by atoms with Crippen molar-refractivity contribution in [1.82, 2.24) is 29.6 Å². The highest BCUT2D eigenvalue weighted by Crippen LogP contribution is 2.31. The second-order valence-corrected chi connectivity index (χ2v) is 8.52. The van der Waals surface area contributed by atoms with Gasteiger partial charge >= 0.3 is 0 Å². The number of hydrogen-bond donors (Lipinski definition) is 2. The number of hydrogen-bond acceptors (Lipinski definition) is 9. The van der Waals surface area contributed by atoms with Gasteiger partial charge in [0.1, 0.15) is 11.6 Å². The average molecular weight is 456 g/mol. The van der Waals surface area contributed by atoms with Crippen molar-refractivity contribution in [3.63, 3.8) is 0 Å². The van der Waals surface area contributed by atoms with Crippen molar-refractivity contribution < 1.29 is 14.2 Å².